The highest BCUT2D eigenvalue weighted by Gasteiger charge is 1.83. The van der Waals surface area contributed by atoms with E-state index in [1.165, 1.54) is 7.96 Å². The molecule has 0 aliphatic carbocycles. The lowest BCUT2D eigenvalue weighted by atomic mass is 10.8. The fraction of sp³-hybridized carbons (Fsp3) is 0. The molecule has 0 aromatic rings. The minimum absolute atomic E-state index is 0.0453. The zero-order chi connectivity index (χ0) is 6.57. The largest absolute Gasteiger partial charge is 0.548 e. The summed E-state index contributed by atoms with van der Waals surface area (Å²) in [7, 11) is 13.5. The Morgan fingerprint density at radius 3 is 2.25 bits per heavy atom. The van der Waals surface area contributed by atoms with Gasteiger partial charge in [0.2, 0.25) is 0 Å². The minimum Gasteiger partial charge on any atom is -0.548 e. The van der Waals surface area contributed by atoms with Gasteiger partial charge in [-0.3, -0.25) is 15.9 Å². The van der Waals surface area contributed by atoms with Crippen molar-refractivity contribution in [1.29, 1.82) is 0 Å². The Kier molecular flexibility index (Phi) is 10.0. The van der Waals surface area contributed by atoms with Gasteiger partial charge >= 0.3 is 0 Å². The van der Waals surface area contributed by atoms with E-state index in [1.807, 2.05) is 0 Å². The Labute approximate surface area is 75.1 Å². The van der Waals surface area contributed by atoms with Crippen LogP contribution in [-0.2, 0) is 0 Å². The van der Waals surface area contributed by atoms with Crippen LogP contribution in [0.25, 0.3) is 0 Å². The molecular formula is H4BIP6-2. The standard InChI is InChI=1S/BH4IP6/c1-5-8(4)7(2)6-3/h3-4H2/q-2. The minimum atomic E-state index is 0.0453. The quantitative estimate of drug-likeness (QED) is 0.404. The first kappa shape index (κ1) is 11.4. The van der Waals surface area contributed by atoms with Gasteiger partial charge in [-0.15, -0.1) is 8.93 Å². The molecule has 0 aliphatic rings. The second kappa shape index (κ2) is 7.05. The molecule has 0 saturated heterocycles. The van der Waals surface area contributed by atoms with Crippen molar-refractivity contribution in [3.8, 4) is 0 Å². The van der Waals surface area contributed by atoms with Crippen molar-refractivity contribution in [2.24, 2.45) is 0 Å². The molecule has 46 valence electrons. The van der Waals surface area contributed by atoms with E-state index in [9.17, 15) is 0 Å². The Morgan fingerprint density at radius 2 is 2.12 bits per heavy atom. The molecule has 4 atom stereocenters. The zero-order valence-corrected chi connectivity index (χ0v) is 11.9. The van der Waals surface area contributed by atoms with Crippen molar-refractivity contribution >= 4 is 75.5 Å². The average molecular weight is 328 g/mol. The highest BCUT2D eigenvalue weighted by molar-refractivity contribution is 14.2. The predicted octanol–water partition coefficient (Wildman–Crippen LogP) is 4.60. The Hall–Kier alpha value is 3.37. The van der Waals surface area contributed by atoms with Crippen molar-refractivity contribution in [2.45, 2.75) is 0 Å². The van der Waals surface area contributed by atoms with Crippen LogP contribution in [0.15, 0.2) is 0 Å². The third-order valence-electron chi connectivity index (χ3n) is 0.383. The zero-order valence-electron chi connectivity index (χ0n) is 3.90. The topological polar surface area (TPSA) is 0 Å². The maximum Gasteiger partial charge on any atom is -0.0858 e. The van der Waals surface area contributed by atoms with E-state index in [-0.39, 0.29) is 11.9 Å². The van der Waals surface area contributed by atoms with Gasteiger partial charge in [-0.25, -0.2) is 0 Å². The smallest absolute Gasteiger partial charge is 0.0858 e. The van der Waals surface area contributed by atoms with E-state index in [1.54, 1.807) is 0 Å². The van der Waals surface area contributed by atoms with Crippen molar-refractivity contribution in [3.05, 3.63) is 0 Å². The van der Waals surface area contributed by atoms with E-state index >= 15 is 0 Å². The maximum atomic E-state index is 5.43. The Balaban J connectivity index is 3.29. The second-order valence-corrected chi connectivity index (χ2v) is 24.3. The van der Waals surface area contributed by atoms with Crippen LogP contribution in [0.3, 0.4) is 0 Å². The molecule has 0 aliphatic heterocycles. The molecule has 0 bridgehead atoms. The average Bonchev–Trinajstić information content (AvgIpc) is 1.84. The van der Waals surface area contributed by atoms with Crippen LogP contribution in [0.1, 0.15) is 0 Å². The SMILES string of the molecule is [B][P-]P(P)P(I)[P-]P. The first-order valence-corrected chi connectivity index (χ1v) is 14.2. The lowest BCUT2D eigenvalue weighted by Gasteiger charge is -2.38. The molecule has 0 amide bonds. The molecule has 8 heteroatoms. The van der Waals surface area contributed by atoms with Crippen LogP contribution < -0.4 is 0 Å². The van der Waals surface area contributed by atoms with Gasteiger partial charge in [0.1, 0.15) is 0 Å². The van der Waals surface area contributed by atoms with Gasteiger partial charge in [0, 0.05) is 0 Å². The monoisotopic (exact) mass is 328 g/mol. The Bertz CT molecular complexity index is 48.5. The molecule has 0 nitrogen and oxygen atoms in total. The summed E-state index contributed by atoms with van der Waals surface area (Å²) in [5.41, 5.74) is 0. The predicted molar refractivity (Wildman–Crippen MR) is 66.9 cm³/mol. The Morgan fingerprint density at radius 1 is 1.62 bits per heavy atom. The summed E-state index contributed by atoms with van der Waals surface area (Å²) in [5.74, 6) is 0. The molecule has 0 heterocycles. The number of rotatable bonds is 3. The number of halogens is 1. The first-order valence-electron chi connectivity index (χ1n) is 1.54. The summed E-state index contributed by atoms with van der Waals surface area (Å²) in [6.07, 6.45) is 0. The molecule has 0 N–H and O–H groups in total. The van der Waals surface area contributed by atoms with E-state index in [0.717, 1.165) is 8.15 Å². The van der Waals surface area contributed by atoms with Crippen molar-refractivity contribution in [3.63, 3.8) is 0 Å². The molecule has 0 aromatic heterocycles. The molecule has 8 heavy (non-hydrogen) atoms. The van der Waals surface area contributed by atoms with Gasteiger partial charge in [0.25, 0.3) is 0 Å². The molecular weight excluding hydrogens is 324 g/mol. The first-order chi connectivity index (χ1) is 3.72. The fourth-order valence-electron chi connectivity index (χ4n) is 0.0955. The van der Waals surface area contributed by atoms with E-state index in [4.69, 9.17) is 7.57 Å². The van der Waals surface area contributed by atoms with Gasteiger partial charge in [-0.1, -0.05) is 22.0 Å². The summed E-state index contributed by atoms with van der Waals surface area (Å²) in [5, 5.41) is 0. The summed E-state index contributed by atoms with van der Waals surface area (Å²) in [6, 6.07) is 0. The van der Waals surface area contributed by atoms with Gasteiger partial charge in [-0.2, -0.15) is 12.5 Å². The lowest BCUT2D eigenvalue weighted by molar-refractivity contribution is 4.80. The van der Waals surface area contributed by atoms with Crippen molar-refractivity contribution < 1.29 is 0 Å². The van der Waals surface area contributed by atoms with Crippen LogP contribution in [0.2, 0.25) is 0 Å². The number of hydrogen-bond donors (Lipinski definition) is 0. The van der Waals surface area contributed by atoms with Crippen molar-refractivity contribution in [1.82, 2.24) is 0 Å². The summed E-state index contributed by atoms with van der Waals surface area (Å²) in [4.78, 5) is 0.156. The summed E-state index contributed by atoms with van der Waals surface area (Å²) >= 11 is 2.48. The van der Waals surface area contributed by atoms with Gasteiger partial charge < -0.3 is 16.1 Å². The molecule has 0 saturated carbocycles. The third-order valence-corrected chi connectivity index (χ3v) is 36.7. The van der Waals surface area contributed by atoms with E-state index in [2.05, 4.69) is 39.9 Å². The van der Waals surface area contributed by atoms with Gasteiger partial charge in [0.05, 0.1) is 0 Å². The fourth-order valence-corrected chi connectivity index (χ4v) is 18.3. The maximum absolute atomic E-state index is 5.43. The third kappa shape index (κ3) is 5.08. The molecule has 0 fully saturated rings. The summed E-state index contributed by atoms with van der Waals surface area (Å²) < 4.78 is 0. The molecule has 0 rings (SSSR count). The molecule has 0 aromatic carbocycles. The second-order valence-electron chi connectivity index (χ2n) is 0.792. The molecule has 0 spiro atoms. The highest BCUT2D eigenvalue weighted by Crippen LogP contribution is 2.94. The molecule has 2 radical (unpaired) electrons. The van der Waals surface area contributed by atoms with Gasteiger partial charge in [0.15, 0.2) is 0 Å². The van der Waals surface area contributed by atoms with E-state index < -0.39 is 0 Å². The number of hydrogen-bond acceptors (Lipinski definition) is 0. The van der Waals surface area contributed by atoms with Gasteiger partial charge in [-0.05, 0) is 0 Å². The van der Waals surface area contributed by atoms with Crippen LogP contribution in [0.4, 0.5) is 0 Å². The van der Waals surface area contributed by atoms with E-state index in [0.29, 0.717) is 0 Å². The normalized spacial score (nSPS) is 20.9. The molecule has 4 unspecified atom stereocenters. The van der Waals surface area contributed by atoms with Crippen molar-refractivity contribution in [2.75, 3.05) is 0 Å². The van der Waals surface area contributed by atoms with Crippen LogP contribution in [-0.4, -0.2) is 7.57 Å². The summed E-state index contributed by atoms with van der Waals surface area (Å²) in [6.45, 7) is 0.0453. The van der Waals surface area contributed by atoms with Crippen LogP contribution >= 0.6 is 67.9 Å². The highest BCUT2D eigenvalue weighted by atomic mass is 127. The van der Waals surface area contributed by atoms with Crippen LogP contribution in [0, 0.1) is 0 Å². The lowest BCUT2D eigenvalue weighted by Crippen LogP contribution is -1.33. The van der Waals surface area contributed by atoms with Crippen LogP contribution in [0.5, 0.6) is 0 Å².